The lowest BCUT2D eigenvalue weighted by molar-refractivity contribution is -0.137. The van der Waals surface area contributed by atoms with Gasteiger partial charge in [0.1, 0.15) is 0 Å². The molecule has 0 aliphatic rings. The minimum atomic E-state index is -4.71. The molecule has 2 rings (SSSR count). The van der Waals surface area contributed by atoms with Crippen LogP contribution in [0.4, 0.5) is 18.9 Å². The molecule has 0 fully saturated rings. The summed E-state index contributed by atoms with van der Waals surface area (Å²) in [6.45, 7) is 1.15. The van der Waals surface area contributed by atoms with E-state index in [4.69, 9.17) is 11.6 Å². The number of aromatic amines is 2. The zero-order valence-electron chi connectivity index (χ0n) is 11.8. The molecule has 0 aliphatic carbocycles. The van der Waals surface area contributed by atoms with Gasteiger partial charge in [-0.2, -0.15) is 13.2 Å². The highest BCUT2D eigenvalue weighted by Crippen LogP contribution is 2.34. The molecule has 0 aliphatic heterocycles. The molecule has 0 unspecified atom stereocenters. The lowest BCUT2D eigenvalue weighted by Crippen LogP contribution is -2.31. The fourth-order valence-corrected chi connectivity index (χ4v) is 3.42. The van der Waals surface area contributed by atoms with Gasteiger partial charge in [-0.05, 0) is 25.1 Å². The first-order valence-electron chi connectivity index (χ1n) is 6.14. The van der Waals surface area contributed by atoms with Crippen molar-refractivity contribution in [3.8, 4) is 0 Å². The molecule has 24 heavy (non-hydrogen) atoms. The first kappa shape index (κ1) is 18.1. The third-order valence-corrected chi connectivity index (χ3v) is 4.73. The van der Waals surface area contributed by atoms with Gasteiger partial charge in [-0.3, -0.25) is 14.5 Å². The highest BCUT2D eigenvalue weighted by atomic mass is 35.5. The molecule has 0 saturated carbocycles. The van der Waals surface area contributed by atoms with E-state index < -0.39 is 43.6 Å². The number of nitrogens with one attached hydrogen (secondary N) is 3. The second-order valence-corrected chi connectivity index (χ2v) is 6.69. The number of halogens is 4. The molecule has 7 nitrogen and oxygen atoms in total. The molecule has 3 N–H and O–H groups in total. The van der Waals surface area contributed by atoms with Crippen LogP contribution in [0.2, 0.25) is 5.02 Å². The van der Waals surface area contributed by atoms with Crippen molar-refractivity contribution >= 4 is 27.3 Å². The zero-order chi connectivity index (χ0) is 18.3. The molecular formula is C12H9ClF3N3O4S. The quantitative estimate of drug-likeness (QED) is 0.750. The van der Waals surface area contributed by atoms with Crippen LogP contribution in [-0.2, 0) is 16.2 Å². The van der Waals surface area contributed by atoms with Crippen molar-refractivity contribution < 1.29 is 21.6 Å². The largest absolute Gasteiger partial charge is 0.416 e. The minimum Gasteiger partial charge on any atom is -0.310 e. The van der Waals surface area contributed by atoms with Crippen LogP contribution < -0.4 is 16.0 Å². The van der Waals surface area contributed by atoms with E-state index in [1.165, 1.54) is 0 Å². The van der Waals surface area contributed by atoms with Gasteiger partial charge in [-0.25, -0.2) is 13.2 Å². The molecule has 0 spiro atoms. The molecule has 1 heterocycles. The van der Waals surface area contributed by atoms with Crippen molar-refractivity contribution in [1.29, 1.82) is 0 Å². The molecule has 12 heteroatoms. The Labute approximate surface area is 137 Å². The van der Waals surface area contributed by atoms with Crippen LogP contribution in [0.5, 0.6) is 0 Å². The number of alkyl halides is 3. The molecule has 1 aromatic heterocycles. The Kier molecular flexibility index (Phi) is 4.50. The van der Waals surface area contributed by atoms with Crippen molar-refractivity contribution in [2.75, 3.05) is 4.72 Å². The van der Waals surface area contributed by atoms with Gasteiger partial charge in [0.15, 0.2) is 4.90 Å². The standard InChI is InChI=1S/C12H9ClF3N3O4S/c1-5-9(10(20)18-11(21)17-5)24(22,23)19-8-4-6(12(14,15)16)2-3-7(8)13/h2-4,19H,1H3,(H2,17,18,20,21). The molecule has 0 saturated heterocycles. The van der Waals surface area contributed by atoms with E-state index in [1.807, 2.05) is 4.72 Å². The van der Waals surface area contributed by atoms with Gasteiger partial charge in [-0.1, -0.05) is 11.6 Å². The molecular weight excluding hydrogens is 375 g/mol. The monoisotopic (exact) mass is 383 g/mol. The average molecular weight is 384 g/mol. The van der Waals surface area contributed by atoms with Crippen LogP contribution in [0.1, 0.15) is 11.3 Å². The summed E-state index contributed by atoms with van der Waals surface area (Å²) >= 11 is 5.71. The summed E-state index contributed by atoms with van der Waals surface area (Å²) < 4.78 is 64.5. The van der Waals surface area contributed by atoms with Gasteiger partial charge in [0.25, 0.3) is 15.6 Å². The smallest absolute Gasteiger partial charge is 0.310 e. The first-order chi connectivity index (χ1) is 10.9. The maximum absolute atomic E-state index is 12.7. The predicted molar refractivity (Wildman–Crippen MR) is 79.7 cm³/mol. The van der Waals surface area contributed by atoms with E-state index in [9.17, 15) is 31.2 Å². The summed E-state index contributed by atoms with van der Waals surface area (Å²) in [5, 5.41) is -0.301. The summed E-state index contributed by atoms with van der Waals surface area (Å²) in [5.74, 6) is 0. The number of sulfonamides is 1. The lowest BCUT2D eigenvalue weighted by Gasteiger charge is -2.13. The number of aryl methyl sites for hydroxylation is 1. The highest BCUT2D eigenvalue weighted by molar-refractivity contribution is 7.92. The average Bonchev–Trinajstić information content (AvgIpc) is 2.37. The maximum atomic E-state index is 12.7. The van der Waals surface area contributed by atoms with Crippen LogP contribution in [0, 0.1) is 6.92 Å². The highest BCUT2D eigenvalue weighted by Gasteiger charge is 2.32. The number of anilines is 1. The van der Waals surface area contributed by atoms with Crippen LogP contribution in [-0.4, -0.2) is 18.4 Å². The number of rotatable bonds is 3. The third-order valence-electron chi connectivity index (χ3n) is 2.88. The topological polar surface area (TPSA) is 112 Å². The Bertz CT molecular complexity index is 1010. The van der Waals surface area contributed by atoms with E-state index in [2.05, 4.69) is 4.98 Å². The Morgan fingerprint density at radius 2 is 1.79 bits per heavy atom. The molecule has 0 atom stereocenters. The summed E-state index contributed by atoms with van der Waals surface area (Å²) in [4.78, 5) is 25.8. The number of hydrogen-bond donors (Lipinski definition) is 3. The van der Waals surface area contributed by atoms with Crippen LogP contribution in [0.25, 0.3) is 0 Å². The number of hydrogen-bond acceptors (Lipinski definition) is 4. The Hall–Kier alpha value is -2.27. The van der Waals surface area contributed by atoms with E-state index in [-0.39, 0.29) is 10.7 Å². The van der Waals surface area contributed by atoms with Gasteiger partial charge >= 0.3 is 11.9 Å². The first-order valence-corrected chi connectivity index (χ1v) is 8.00. The fourth-order valence-electron chi connectivity index (χ4n) is 1.89. The zero-order valence-corrected chi connectivity index (χ0v) is 13.4. The van der Waals surface area contributed by atoms with Crippen molar-refractivity contribution in [3.63, 3.8) is 0 Å². The second kappa shape index (κ2) is 5.98. The molecule has 2 aromatic rings. The van der Waals surface area contributed by atoms with E-state index >= 15 is 0 Å². The van der Waals surface area contributed by atoms with Crippen LogP contribution in [0.3, 0.4) is 0 Å². The SMILES string of the molecule is Cc1[nH]c(=O)[nH]c(=O)c1S(=O)(=O)Nc1cc(C(F)(F)F)ccc1Cl. The van der Waals surface area contributed by atoms with Crippen LogP contribution >= 0.6 is 11.6 Å². The molecule has 0 bridgehead atoms. The molecule has 130 valence electrons. The van der Waals surface area contributed by atoms with Crippen molar-refractivity contribution in [1.82, 2.24) is 9.97 Å². The second-order valence-electron chi connectivity index (χ2n) is 4.66. The molecule has 0 radical (unpaired) electrons. The van der Waals surface area contributed by atoms with Crippen molar-refractivity contribution in [2.45, 2.75) is 18.0 Å². The van der Waals surface area contributed by atoms with Gasteiger partial charge in [-0.15, -0.1) is 0 Å². The van der Waals surface area contributed by atoms with Crippen LogP contribution in [0.15, 0.2) is 32.7 Å². The van der Waals surface area contributed by atoms with Gasteiger partial charge in [0, 0.05) is 5.69 Å². The Morgan fingerprint density at radius 3 is 2.33 bits per heavy atom. The van der Waals surface area contributed by atoms with Gasteiger partial charge in [0.05, 0.1) is 16.3 Å². The fraction of sp³-hybridized carbons (Fsp3) is 0.167. The number of H-pyrrole nitrogens is 2. The third kappa shape index (κ3) is 3.62. The van der Waals surface area contributed by atoms with Gasteiger partial charge < -0.3 is 4.98 Å². The summed E-state index contributed by atoms with van der Waals surface area (Å²) in [7, 11) is -4.59. The summed E-state index contributed by atoms with van der Waals surface area (Å²) in [6, 6.07) is 2.04. The predicted octanol–water partition coefficient (Wildman–Crippen LogP) is 1.84. The van der Waals surface area contributed by atoms with E-state index in [0.717, 1.165) is 13.0 Å². The van der Waals surface area contributed by atoms with Gasteiger partial charge in [0.2, 0.25) is 0 Å². The normalized spacial score (nSPS) is 12.2. The van der Waals surface area contributed by atoms with Crippen molar-refractivity contribution in [3.05, 3.63) is 55.3 Å². The summed E-state index contributed by atoms with van der Waals surface area (Å²) in [5.41, 5.74) is -4.10. The van der Waals surface area contributed by atoms with E-state index in [0.29, 0.717) is 12.1 Å². The minimum absolute atomic E-state index is 0.278. The molecule has 1 aromatic carbocycles. The lowest BCUT2D eigenvalue weighted by atomic mass is 10.2. The van der Waals surface area contributed by atoms with Crippen molar-refractivity contribution in [2.24, 2.45) is 0 Å². The maximum Gasteiger partial charge on any atom is 0.416 e. The number of aromatic nitrogens is 2. The summed E-state index contributed by atoms with van der Waals surface area (Å²) in [6.07, 6.45) is -4.71. The number of benzene rings is 1. The Balaban J connectivity index is 2.56. The Morgan fingerprint density at radius 1 is 1.17 bits per heavy atom. The van der Waals surface area contributed by atoms with E-state index in [1.54, 1.807) is 4.98 Å². The molecule has 0 amide bonds.